The molecule has 0 saturated carbocycles. The molecule has 0 aromatic rings. The molecule has 0 aromatic carbocycles. The largest absolute Gasteiger partial charge is 0.480 e. The van der Waals surface area contributed by atoms with E-state index in [9.17, 15) is 9.59 Å². The molecule has 2 atom stereocenters. The minimum absolute atomic E-state index is 0.0996. The number of carboxylic acid groups (broad SMARTS) is 1. The van der Waals surface area contributed by atoms with Crippen molar-refractivity contribution in [3.8, 4) is 0 Å². The Labute approximate surface area is 120 Å². The number of ether oxygens (including phenoxy) is 1. The fraction of sp³-hybridized carbons (Fsp3) is 0.857. The maximum Gasteiger partial charge on any atom is 0.323 e. The van der Waals surface area contributed by atoms with E-state index in [0.29, 0.717) is 25.9 Å². The molecule has 1 N–H and O–H groups in total. The Balaban J connectivity index is 2.39. The van der Waals surface area contributed by atoms with Crippen molar-refractivity contribution < 1.29 is 19.4 Å². The van der Waals surface area contributed by atoms with Gasteiger partial charge in [0.25, 0.3) is 0 Å². The molecule has 0 aromatic heterocycles. The molecular weight excluding hydrogens is 260 g/mol. The van der Waals surface area contributed by atoms with Crippen LogP contribution in [0, 0.1) is 0 Å². The smallest absolute Gasteiger partial charge is 0.323 e. The molecule has 1 heterocycles. The van der Waals surface area contributed by atoms with Crippen molar-refractivity contribution in [3.05, 3.63) is 0 Å². The van der Waals surface area contributed by atoms with E-state index in [1.165, 1.54) is 4.90 Å². The molecule has 1 fully saturated rings. The Morgan fingerprint density at radius 2 is 1.95 bits per heavy atom. The van der Waals surface area contributed by atoms with Crippen molar-refractivity contribution in [2.45, 2.75) is 44.8 Å². The summed E-state index contributed by atoms with van der Waals surface area (Å²) in [4.78, 5) is 26.3. The highest BCUT2D eigenvalue weighted by Gasteiger charge is 2.24. The number of aliphatic carboxylic acids is 1. The molecule has 116 valence electrons. The summed E-state index contributed by atoms with van der Waals surface area (Å²) < 4.78 is 5.68. The van der Waals surface area contributed by atoms with Gasteiger partial charge in [0.15, 0.2) is 0 Å². The van der Waals surface area contributed by atoms with E-state index in [-0.39, 0.29) is 24.7 Å². The van der Waals surface area contributed by atoms with E-state index >= 15 is 0 Å². The van der Waals surface area contributed by atoms with Crippen LogP contribution >= 0.6 is 0 Å². The molecule has 20 heavy (non-hydrogen) atoms. The lowest BCUT2D eigenvalue weighted by Gasteiger charge is -2.23. The molecule has 0 bridgehead atoms. The van der Waals surface area contributed by atoms with Gasteiger partial charge in [0.1, 0.15) is 6.54 Å². The molecule has 0 aliphatic carbocycles. The molecule has 0 unspecified atom stereocenters. The third-order valence-electron chi connectivity index (χ3n) is 3.50. The van der Waals surface area contributed by atoms with Gasteiger partial charge in [-0.15, -0.1) is 0 Å². The third kappa shape index (κ3) is 6.34. The highest BCUT2D eigenvalue weighted by molar-refractivity contribution is 5.81. The van der Waals surface area contributed by atoms with Crippen molar-refractivity contribution in [1.82, 2.24) is 9.80 Å². The van der Waals surface area contributed by atoms with Crippen molar-refractivity contribution >= 4 is 11.9 Å². The highest BCUT2D eigenvalue weighted by atomic mass is 16.5. The van der Waals surface area contributed by atoms with Gasteiger partial charge in [-0.05, 0) is 40.3 Å². The van der Waals surface area contributed by atoms with Gasteiger partial charge >= 0.3 is 5.97 Å². The molecule has 1 aliphatic heterocycles. The van der Waals surface area contributed by atoms with Crippen molar-refractivity contribution in [2.24, 2.45) is 0 Å². The molecule has 1 amide bonds. The topological polar surface area (TPSA) is 70.1 Å². The number of rotatable bonds is 8. The second-order valence-electron chi connectivity index (χ2n) is 5.70. The molecule has 0 spiro atoms. The summed E-state index contributed by atoms with van der Waals surface area (Å²) in [7, 11) is 3.80. The minimum Gasteiger partial charge on any atom is -0.480 e. The first kappa shape index (κ1) is 16.9. The van der Waals surface area contributed by atoms with Gasteiger partial charge in [0.2, 0.25) is 5.91 Å². The van der Waals surface area contributed by atoms with Crippen LogP contribution in [0.25, 0.3) is 0 Å². The van der Waals surface area contributed by atoms with E-state index in [4.69, 9.17) is 9.84 Å². The van der Waals surface area contributed by atoms with Gasteiger partial charge in [-0.1, -0.05) is 0 Å². The Bertz CT molecular complexity index is 333. The second-order valence-corrected chi connectivity index (χ2v) is 5.70. The van der Waals surface area contributed by atoms with E-state index in [2.05, 4.69) is 0 Å². The summed E-state index contributed by atoms with van der Waals surface area (Å²) >= 11 is 0. The summed E-state index contributed by atoms with van der Waals surface area (Å²) in [6.07, 6.45) is 3.50. The lowest BCUT2D eigenvalue weighted by Crippen LogP contribution is -2.40. The number of amides is 1. The number of carbonyl (C=O) groups excluding carboxylic acids is 1. The fourth-order valence-corrected chi connectivity index (χ4v) is 2.32. The SMILES string of the molecule is C[C@H]1CC[C@@H](CCC(=O)N(CCN(C)C)CC(=O)O)O1. The van der Waals surface area contributed by atoms with Crippen LogP contribution in [-0.2, 0) is 14.3 Å². The van der Waals surface area contributed by atoms with Crippen molar-refractivity contribution in [3.63, 3.8) is 0 Å². The quantitative estimate of drug-likeness (QED) is 0.715. The fourth-order valence-electron chi connectivity index (χ4n) is 2.32. The number of carbonyl (C=O) groups is 2. The van der Waals surface area contributed by atoms with Crippen LogP contribution in [0.1, 0.15) is 32.6 Å². The molecule has 1 rings (SSSR count). The number of hydrogen-bond acceptors (Lipinski definition) is 4. The van der Waals surface area contributed by atoms with Gasteiger partial charge in [-0.25, -0.2) is 0 Å². The van der Waals surface area contributed by atoms with Gasteiger partial charge in [-0.2, -0.15) is 0 Å². The molecule has 0 radical (unpaired) electrons. The Morgan fingerprint density at radius 1 is 1.25 bits per heavy atom. The predicted molar refractivity (Wildman–Crippen MR) is 75.6 cm³/mol. The van der Waals surface area contributed by atoms with E-state index < -0.39 is 5.97 Å². The van der Waals surface area contributed by atoms with Gasteiger partial charge in [-0.3, -0.25) is 9.59 Å². The summed E-state index contributed by atoms with van der Waals surface area (Å²) in [5, 5.41) is 8.88. The summed E-state index contributed by atoms with van der Waals surface area (Å²) in [5.74, 6) is -1.07. The van der Waals surface area contributed by atoms with Gasteiger partial charge in [0, 0.05) is 19.5 Å². The number of nitrogens with zero attached hydrogens (tertiary/aromatic N) is 2. The Hall–Kier alpha value is -1.14. The lowest BCUT2D eigenvalue weighted by atomic mass is 10.1. The van der Waals surface area contributed by atoms with Crippen LogP contribution in [-0.4, -0.2) is 72.7 Å². The number of carboxylic acids is 1. The summed E-state index contributed by atoms with van der Waals surface area (Å²) in [6.45, 7) is 2.92. The average molecular weight is 286 g/mol. The first-order valence-electron chi connectivity index (χ1n) is 7.18. The Morgan fingerprint density at radius 3 is 2.45 bits per heavy atom. The lowest BCUT2D eigenvalue weighted by molar-refractivity contribution is -0.144. The standard InChI is InChI=1S/C14H26N2O4/c1-11-4-5-12(20-11)6-7-13(17)16(10-14(18)19)9-8-15(2)3/h11-12H,4-10H2,1-3H3,(H,18,19)/t11-,12-/m0/s1. The van der Waals surface area contributed by atoms with Gasteiger partial charge in [0.05, 0.1) is 12.2 Å². The van der Waals surface area contributed by atoms with Crippen LogP contribution in [0.3, 0.4) is 0 Å². The zero-order valence-corrected chi connectivity index (χ0v) is 12.7. The zero-order chi connectivity index (χ0) is 15.1. The minimum atomic E-state index is -0.970. The number of hydrogen-bond donors (Lipinski definition) is 1. The van der Waals surface area contributed by atoms with E-state index in [1.54, 1.807) is 0 Å². The molecule has 6 heteroatoms. The van der Waals surface area contributed by atoms with Crippen LogP contribution in [0.15, 0.2) is 0 Å². The van der Waals surface area contributed by atoms with Crippen molar-refractivity contribution in [2.75, 3.05) is 33.7 Å². The zero-order valence-electron chi connectivity index (χ0n) is 12.7. The Kier molecular flexibility index (Phi) is 6.95. The molecule has 1 saturated heterocycles. The molecule has 1 aliphatic rings. The molecular formula is C14H26N2O4. The number of likely N-dealkylation sites (N-methyl/N-ethyl adjacent to an activating group) is 1. The maximum absolute atomic E-state index is 12.1. The predicted octanol–water partition coefficient (Wildman–Crippen LogP) is 0.809. The van der Waals surface area contributed by atoms with Crippen LogP contribution in [0.4, 0.5) is 0 Å². The van der Waals surface area contributed by atoms with Crippen molar-refractivity contribution in [1.29, 1.82) is 0 Å². The van der Waals surface area contributed by atoms with Crippen LogP contribution < -0.4 is 0 Å². The van der Waals surface area contributed by atoms with Crippen LogP contribution in [0.2, 0.25) is 0 Å². The second kappa shape index (κ2) is 8.21. The third-order valence-corrected chi connectivity index (χ3v) is 3.50. The first-order valence-corrected chi connectivity index (χ1v) is 7.18. The van der Waals surface area contributed by atoms with Gasteiger partial charge < -0.3 is 19.6 Å². The first-order chi connectivity index (χ1) is 9.38. The highest BCUT2D eigenvalue weighted by Crippen LogP contribution is 2.22. The van der Waals surface area contributed by atoms with Crippen LogP contribution in [0.5, 0.6) is 0 Å². The van der Waals surface area contributed by atoms with E-state index in [0.717, 1.165) is 12.8 Å². The molecule has 6 nitrogen and oxygen atoms in total. The normalized spacial score (nSPS) is 22.2. The summed E-state index contributed by atoms with van der Waals surface area (Å²) in [6, 6.07) is 0. The average Bonchev–Trinajstić information content (AvgIpc) is 2.76. The monoisotopic (exact) mass is 286 g/mol. The summed E-state index contributed by atoms with van der Waals surface area (Å²) in [5.41, 5.74) is 0. The maximum atomic E-state index is 12.1. The van der Waals surface area contributed by atoms with E-state index in [1.807, 2.05) is 25.9 Å².